The minimum absolute atomic E-state index is 0.285. The smallest absolute Gasteiger partial charge is 0.211 e. The van der Waals surface area contributed by atoms with E-state index in [-0.39, 0.29) is 12.5 Å². The molecule has 0 aliphatic carbocycles. The Kier molecular flexibility index (Phi) is 4.67. The molecule has 0 saturated heterocycles. The van der Waals surface area contributed by atoms with Crippen molar-refractivity contribution in [2.24, 2.45) is 0 Å². The van der Waals surface area contributed by atoms with E-state index in [1.54, 1.807) is 19.9 Å². The maximum absolute atomic E-state index is 11.8. The topological polar surface area (TPSA) is 70.0 Å². The summed E-state index contributed by atoms with van der Waals surface area (Å²) in [6, 6.07) is 10.7. The fourth-order valence-electron chi connectivity index (χ4n) is 1.52. The van der Waals surface area contributed by atoms with Crippen molar-refractivity contribution in [3.63, 3.8) is 0 Å². The van der Waals surface area contributed by atoms with Crippen molar-refractivity contribution in [1.29, 1.82) is 5.26 Å². The van der Waals surface area contributed by atoms with Crippen molar-refractivity contribution >= 4 is 10.0 Å². The van der Waals surface area contributed by atoms with Crippen LogP contribution in [0.15, 0.2) is 30.3 Å². The van der Waals surface area contributed by atoms with Crippen LogP contribution in [0.25, 0.3) is 0 Å². The van der Waals surface area contributed by atoms with Crippen LogP contribution >= 0.6 is 0 Å². The van der Waals surface area contributed by atoms with E-state index in [0.717, 1.165) is 5.56 Å². The molecule has 0 aliphatic heterocycles. The van der Waals surface area contributed by atoms with E-state index in [9.17, 15) is 8.42 Å². The SMILES string of the molecule is CCC(C#N)S(=O)(=O)N[C@H](C)c1ccccc1. The van der Waals surface area contributed by atoms with Gasteiger partial charge in [-0.3, -0.25) is 0 Å². The van der Waals surface area contributed by atoms with E-state index in [2.05, 4.69) is 4.72 Å². The molecule has 1 aromatic rings. The van der Waals surface area contributed by atoms with Crippen LogP contribution in [0, 0.1) is 11.3 Å². The van der Waals surface area contributed by atoms with Gasteiger partial charge in [0.2, 0.25) is 10.0 Å². The average molecular weight is 252 g/mol. The first kappa shape index (κ1) is 13.7. The number of hydrogen-bond acceptors (Lipinski definition) is 3. The van der Waals surface area contributed by atoms with Gasteiger partial charge in [-0.25, -0.2) is 13.1 Å². The maximum Gasteiger partial charge on any atom is 0.228 e. The first-order valence-corrected chi connectivity index (χ1v) is 7.01. The molecule has 1 N–H and O–H groups in total. The molecule has 0 aliphatic rings. The quantitative estimate of drug-likeness (QED) is 0.871. The first-order valence-electron chi connectivity index (χ1n) is 5.47. The molecule has 0 saturated carbocycles. The van der Waals surface area contributed by atoms with Gasteiger partial charge >= 0.3 is 0 Å². The van der Waals surface area contributed by atoms with Gasteiger partial charge in [0, 0.05) is 6.04 Å². The van der Waals surface area contributed by atoms with Crippen LogP contribution in [0.1, 0.15) is 31.9 Å². The fraction of sp³-hybridized carbons (Fsp3) is 0.417. The summed E-state index contributed by atoms with van der Waals surface area (Å²) in [6.07, 6.45) is 0.285. The average Bonchev–Trinajstić information content (AvgIpc) is 2.30. The van der Waals surface area contributed by atoms with Crippen LogP contribution in [0.5, 0.6) is 0 Å². The Hall–Kier alpha value is -1.38. The van der Waals surface area contributed by atoms with Gasteiger partial charge < -0.3 is 0 Å². The van der Waals surface area contributed by atoms with Crippen LogP contribution in [0.4, 0.5) is 0 Å². The second-order valence-electron chi connectivity index (χ2n) is 3.82. The third-order valence-electron chi connectivity index (χ3n) is 2.53. The Labute approximate surface area is 102 Å². The van der Waals surface area contributed by atoms with Crippen molar-refractivity contribution < 1.29 is 8.42 Å². The molecule has 0 heterocycles. The molecular weight excluding hydrogens is 236 g/mol. The van der Waals surface area contributed by atoms with Crippen LogP contribution in [-0.2, 0) is 10.0 Å². The number of nitriles is 1. The fourth-order valence-corrected chi connectivity index (χ4v) is 2.89. The third kappa shape index (κ3) is 3.55. The summed E-state index contributed by atoms with van der Waals surface area (Å²) in [5, 5.41) is 7.78. The number of benzene rings is 1. The van der Waals surface area contributed by atoms with Crippen LogP contribution in [-0.4, -0.2) is 13.7 Å². The highest BCUT2D eigenvalue weighted by molar-refractivity contribution is 7.90. The molecule has 17 heavy (non-hydrogen) atoms. The highest BCUT2D eigenvalue weighted by Crippen LogP contribution is 2.14. The van der Waals surface area contributed by atoms with Gasteiger partial charge in [0.15, 0.2) is 5.25 Å². The molecule has 4 nitrogen and oxygen atoms in total. The van der Waals surface area contributed by atoms with Gasteiger partial charge in [-0.15, -0.1) is 0 Å². The molecule has 2 atom stereocenters. The lowest BCUT2D eigenvalue weighted by atomic mass is 10.1. The number of nitrogens with zero attached hydrogens (tertiary/aromatic N) is 1. The van der Waals surface area contributed by atoms with Crippen molar-refractivity contribution in [3.8, 4) is 6.07 Å². The standard InChI is InChI=1S/C12H16N2O2S/c1-3-12(9-13)17(15,16)14-10(2)11-7-5-4-6-8-11/h4-8,10,12,14H,3H2,1-2H3/t10-,12?/m1/s1. The van der Waals surface area contributed by atoms with Gasteiger partial charge in [0.1, 0.15) is 0 Å². The van der Waals surface area contributed by atoms with E-state index < -0.39 is 15.3 Å². The van der Waals surface area contributed by atoms with Crippen LogP contribution in [0.2, 0.25) is 0 Å². The summed E-state index contributed by atoms with van der Waals surface area (Å²) in [7, 11) is -3.58. The molecule has 0 fully saturated rings. The molecule has 0 spiro atoms. The second kappa shape index (κ2) is 5.80. The zero-order chi connectivity index (χ0) is 12.9. The Balaban J connectivity index is 2.83. The molecule has 0 amide bonds. The van der Waals surface area contributed by atoms with E-state index in [0.29, 0.717) is 0 Å². The molecule has 1 rings (SSSR count). The largest absolute Gasteiger partial charge is 0.228 e. The summed E-state index contributed by atoms with van der Waals surface area (Å²) >= 11 is 0. The summed E-state index contributed by atoms with van der Waals surface area (Å²) < 4.78 is 26.2. The number of rotatable bonds is 5. The molecule has 1 aromatic carbocycles. The van der Waals surface area contributed by atoms with Crippen LogP contribution < -0.4 is 4.72 Å². The summed E-state index contributed by atoms with van der Waals surface area (Å²) in [5.41, 5.74) is 0.879. The van der Waals surface area contributed by atoms with Gasteiger partial charge in [0.05, 0.1) is 6.07 Å². The van der Waals surface area contributed by atoms with Gasteiger partial charge in [-0.05, 0) is 18.9 Å². The number of sulfonamides is 1. The summed E-state index contributed by atoms with van der Waals surface area (Å²) in [6.45, 7) is 3.44. The van der Waals surface area contributed by atoms with E-state index in [1.807, 2.05) is 30.3 Å². The van der Waals surface area contributed by atoms with Crippen molar-refractivity contribution in [3.05, 3.63) is 35.9 Å². The Morgan fingerprint density at radius 2 is 1.94 bits per heavy atom. The predicted molar refractivity (Wildman–Crippen MR) is 66.6 cm³/mol. The maximum atomic E-state index is 11.8. The van der Waals surface area contributed by atoms with Crippen molar-refractivity contribution in [2.45, 2.75) is 31.6 Å². The second-order valence-corrected chi connectivity index (χ2v) is 5.72. The lowest BCUT2D eigenvalue weighted by molar-refractivity contribution is 0.558. The lowest BCUT2D eigenvalue weighted by Gasteiger charge is -2.16. The molecule has 92 valence electrons. The number of hydrogen-bond donors (Lipinski definition) is 1. The molecule has 5 heteroatoms. The lowest BCUT2D eigenvalue weighted by Crippen LogP contribution is -2.34. The van der Waals surface area contributed by atoms with Crippen molar-refractivity contribution in [2.75, 3.05) is 0 Å². The zero-order valence-corrected chi connectivity index (χ0v) is 10.7. The van der Waals surface area contributed by atoms with Crippen LogP contribution in [0.3, 0.4) is 0 Å². The Morgan fingerprint density at radius 1 is 1.35 bits per heavy atom. The minimum Gasteiger partial charge on any atom is -0.211 e. The number of nitrogens with one attached hydrogen (secondary N) is 1. The van der Waals surface area contributed by atoms with Crippen molar-refractivity contribution in [1.82, 2.24) is 4.72 Å². The summed E-state index contributed by atoms with van der Waals surface area (Å²) in [4.78, 5) is 0. The Morgan fingerprint density at radius 3 is 2.41 bits per heavy atom. The first-order chi connectivity index (χ1) is 8.01. The Bertz CT molecular complexity index is 491. The molecule has 1 unspecified atom stereocenters. The zero-order valence-electron chi connectivity index (χ0n) is 9.92. The van der Waals surface area contributed by atoms with E-state index in [1.165, 1.54) is 0 Å². The molecule has 0 radical (unpaired) electrons. The predicted octanol–water partition coefficient (Wildman–Crippen LogP) is 1.97. The third-order valence-corrected chi connectivity index (χ3v) is 4.40. The molecule has 0 aromatic heterocycles. The van der Waals surface area contributed by atoms with Gasteiger partial charge in [0.25, 0.3) is 0 Å². The normalized spacial score (nSPS) is 14.9. The minimum atomic E-state index is -3.58. The monoisotopic (exact) mass is 252 g/mol. The summed E-state index contributed by atoms with van der Waals surface area (Å²) in [5.74, 6) is 0. The van der Waals surface area contributed by atoms with E-state index >= 15 is 0 Å². The highest BCUT2D eigenvalue weighted by atomic mass is 32.2. The van der Waals surface area contributed by atoms with Gasteiger partial charge in [-0.1, -0.05) is 37.3 Å². The molecule has 0 bridgehead atoms. The molecular formula is C12H16N2O2S. The highest BCUT2D eigenvalue weighted by Gasteiger charge is 2.25. The van der Waals surface area contributed by atoms with E-state index in [4.69, 9.17) is 5.26 Å². The van der Waals surface area contributed by atoms with Gasteiger partial charge in [-0.2, -0.15) is 5.26 Å².